The van der Waals surface area contributed by atoms with Gasteiger partial charge in [-0.1, -0.05) is 48.0 Å². The summed E-state index contributed by atoms with van der Waals surface area (Å²) >= 11 is 0. The Morgan fingerprint density at radius 1 is 0.659 bits per heavy atom. The average molecular weight is 710 g/mol. The maximum atomic E-state index is 10.1. The second kappa shape index (κ2) is 12.2. The molecule has 3 aromatic carbocycles. The van der Waals surface area contributed by atoms with Gasteiger partial charge in [-0.3, -0.25) is 4.98 Å². The Morgan fingerprint density at radius 2 is 1.37 bits per heavy atom. The van der Waals surface area contributed by atoms with Crippen molar-refractivity contribution in [2.24, 2.45) is 0 Å². The van der Waals surface area contributed by atoms with Gasteiger partial charge in [-0.05, 0) is 42.0 Å². The van der Waals surface area contributed by atoms with Gasteiger partial charge in [0.25, 0.3) is 0 Å². The Labute approximate surface area is 252 Å². The normalized spacial score (nSPS) is 14.4. The van der Waals surface area contributed by atoms with Crippen LogP contribution in [0.4, 0.5) is 0 Å². The SMILES string of the molecule is O=C(O)c1ccccn1.[Ir].[c-]1ccccc1[C@@]1(c2cccc(-c3ccccn3)n2)c2[c-]cccc2-c2ccccc21. The number of aromatic carboxylic acids is 1. The summed E-state index contributed by atoms with van der Waals surface area (Å²) in [6, 6.07) is 47.0. The number of nitrogens with zero attached hydrogens (tertiary/aromatic N) is 3. The third kappa shape index (κ3) is 5.11. The van der Waals surface area contributed by atoms with Gasteiger partial charge >= 0.3 is 5.97 Å². The molecule has 7 rings (SSSR count). The third-order valence-corrected chi connectivity index (χ3v) is 6.91. The number of fused-ring (bicyclic) bond motifs is 3. The summed E-state index contributed by atoms with van der Waals surface area (Å²) < 4.78 is 0. The van der Waals surface area contributed by atoms with E-state index in [9.17, 15) is 4.79 Å². The van der Waals surface area contributed by atoms with E-state index in [0.29, 0.717) is 0 Å². The van der Waals surface area contributed by atoms with Gasteiger partial charge in [-0.15, -0.1) is 16.7 Å². The zero-order valence-corrected chi connectivity index (χ0v) is 24.1. The van der Waals surface area contributed by atoms with E-state index in [4.69, 9.17) is 10.1 Å². The number of pyridine rings is 3. The van der Waals surface area contributed by atoms with Gasteiger partial charge in [0.2, 0.25) is 0 Å². The van der Waals surface area contributed by atoms with Gasteiger partial charge in [0.15, 0.2) is 0 Å². The molecule has 0 unspecified atom stereocenters. The zero-order valence-electron chi connectivity index (χ0n) is 21.7. The van der Waals surface area contributed by atoms with E-state index < -0.39 is 11.4 Å². The number of rotatable bonds is 4. The molecule has 1 atom stereocenters. The van der Waals surface area contributed by atoms with E-state index in [0.717, 1.165) is 28.2 Å². The predicted octanol–water partition coefficient (Wildman–Crippen LogP) is 6.88. The van der Waals surface area contributed by atoms with Crippen LogP contribution in [0.1, 0.15) is 32.9 Å². The molecule has 0 saturated heterocycles. The van der Waals surface area contributed by atoms with Crippen LogP contribution in [0.2, 0.25) is 0 Å². The number of benzene rings is 3. The fourth-order valence-electron chi connectivity index (χ4n) is 5.25. The Kier molecular flexibility index (Phi) is 8.25. The zero-order chi connectivity index (χ0) is 27.4. The van der Waals surface area contributed by atoms with E-state index in [1.807, 2.05) is 42.5 Å². The van der Waals surface area contributed by atoms with Crippen LogP contribution in [0, 0.1) is 12.1 Å². The maximum absolute atomic E-state index is 10.1. The van der Waals surface area contributed by atoms with Crippen molar-refractivity contribution in [3.63, 3.8) is 0 Å². The van der Waals surface area contributed by atoms with Gasteiger partial charge in [0, 0.05) is 37.9 Å². The third-order valence-electron chi connectivity index (χ3n) is 6.91. The van der Waals surface area contributed by atoms with Crippen molar-refractivity contribution in [1.82, 2.24) is 15.0 Å². The van der Waals surface area contributed by atoms with Crippen LogP contribution in [-0.4, -0.2) is 26.0 Å². The Hall–Kier alpha value is -4.77. The molecule has 1 aliphatic rings. The van der Waals surface area contributed by atoms with Crippen molar-refractivity contribution >= 4 is 5.97 Å². The van der Waals surface area contributed by atoms with Crippen LogP contribution >= 0.6 is 0 Å². The summed E-state index contributed by atoms with van der Waals surface area (Å²) in [5.41, 5.74) is 7.97. The monoisotopic (exact) mass is 710 g/mol. The Bertz CT molecular complexity index is 1730. The van der Waals surface area contributed by atoms with Crippen molar-refractivity contribution in [2.75, 3.05) is 0 Å². The van der Waals surface area contributed by atoms with Gasteiger partial charge in [0.05, 0.1) is 17.1 Å². The number of hydrogen-bond acceptors (Lipinski definition) is 4. The molecule has 0 saturated carbocycles. The minimum atomic E-state index is -0.990. The Morgan fingerprint density at radius 3 is 2.07 bits per heavy atom. The van der Waals surface area contributed by atoms with Gasteiger partial charge in [-0.25, -0.2) is 14.8 Å². The smallest absolute Gasteiger partial charge is 0.354 e. The molecule has 1 radical (unpaired) electrons. The standard InChI is InChI=1S/C29H18N2.C6H5NO2.Ir/c1-2-11-21(12-3-1)29(28-19-10-18-27(31-28)26-17-8-9-20-30-26)24-15-6-4-13-22(24)23-14-5-7-16-25(23)29;8-6(9)5-3-1-2-4-7-5;/h1-11,13-15,17-20H;1-4H,(H,8,9);/q-2;;/t29-;;/m0../s1. The van der Waals surface area contributed by atoms with Crippen LogP contribution in [0.3, 0.4) is 0 Å². The molecular formula is C35H23IrN3O2-2. The van der Waals surface area contributed by atoms with Gasteiger partial charge in [-0.2, -0.15) is 54.6 Å². The number of hydrogen-bond donors (Lipinski definition) is 1. The second-order valence-corrected chi connectivity index (χ2v) is 9.17. The first-order chi connectivity index (χ1) is 19.7. The van der Waals surface area contributed by atoms with Crippen LogP contribution in [0.15, 0.2) is 134 Å². The average Bonchev–Trinajstić information content (AvgIpc) is 3.34. The summed E-state index contributed by atoms with van der Waals surface area (Å²) in [4.78, 5) is 23.4. The molecule has 1 aliphatic carbocycles. The van der Waals surface area contributed by atoms with Crippen molar-refractivity contribution in [1.29, 1.82) is 0 Å². The van der Waals surface area contributed by atoms with E-state index >= 15 is 0 Å². The van der Waals surface area contributed by atoms with Gasteiger partial charge < -0.3 is 5.11 Å². The minimum absolute atomic E-state index is 0. The van der Waals surface area contributed by atoms with Crippen LogP contribution < -0.4 is 0 Å². The maximum Gasteiger partial charge on any atom is 0.354 e. The minimum Gasteiger partial charge on any atom is -0.477 e. The molecule has 0 spiro atoms. The largest absolute Gasteiger partial charge is 0.477 e. The molecular weight excluding hydrogens is 687 g/mol. The number of carbonyl (C=O) groups is 1. The molecule has 201 valence electrons. The number of carboxylic acid groups (broad SMARTS) is 1. The van der Waals surface area contributed by atoms with E-state index in [1.165, 1.54) is 29.0 Å². The van der Waals surface area contributed by atoms with E-state index in [2.05, 4.69) is 82.8 Å². The molecule has 3 aromatic heterocycles. The van der Waals surface area contributed by atoms with Gasteiger partial charge in [0.1, 0.15) is 5.69 Å². The van der Waals surface area contributed by atoms with Crippen molar-refractivity contribution < 1.29 is 30.0 Å². The van der Waals surface area contributed by atoms with Crippen molar-refractivity contribution in [3.05, 3.63) is 174 Å². The molecule has 0 amide bonds. The molecule has 0 aliphatic heterocycles. The van der Waals surface area contributed by atoms with E-state index in [-0.39, 0.29) is 25.8 Å². The number of carboxylic acids is 1. The molecule has 0 fully saturated rings. The van der Waals surface area contributed by atoms with Crippen molar-refractivity contribution in [3.8, 4) is 22.5 Å². The predicted molar refractivity (Wildman–Crippen MR) is 154 cm³/mol. The van der Waals surface area contributed by atoms with Crippen LogP contribution in [0.5, 0.6) is 0 Å². The van der Waals surface area contributed by atoms with Crippen molar-refractivity contribution in [2.45, 2.75) is 5.41 Å². The summed E-state index contributed by atoms with van der Waals surface area (Å²) in [5, 5.41) is 8.32. The van der Waals surface area contributed by atoms with Crippen LogP contribution in [0.25, 0.3) is 22.5 Å². The summed E-state index contributed by atoms with van der Waals surface area (Å²) in [7, 11) is 0. The summed E-state index contributed by atoms with van der Waals surface area (Å²) in [5.74, 6) is -0.990. The topological polar surface area (TPSA) is 76.0 Å². The fraction of sp³-hybridized carbons (Fsp3) is 0.0286. The first-order valence-electron chi connectivity index (χ1n) is 12.8. The molecule has 6 aromatic rings. The second-order valence-electron chi connectivity index (χ2n) is 9.17. The van der Waals surface area contributed by atoms with Crippen LogP contribution in [-0.2, 0) is 25.5 Å². The molecule has 0 bridgehead atoms. The molecule has 3 heterocycles. The summed E-state index contributed by atoms with van der Waals surface area (Å²) in [6.45, 7) is 0. The molecule has 41 heavy (non-hydrogen) atoms. The quantitative estimate of drug-likeness (QED) is 0.202. The molecule has 6 heteroatoms. The number of aromatic nitrogens is 3. The molecule has 5 nitrogen and oxygen atoms in total. The first kappa shape index (κ1) is 27.8. The fourth-order valence-corrected chi connectivity index (χ4v) is 5.25. The Balaban J connectivity index is 0.000000291. The van der Waals surface area contributed by atoms with E-state index in [1.54, 1.807) is 18.3 Å². The molecule has 1 N–H and O–H groups in total. The summed E-state index contributed by atoms with van der Waals surface area (Å²) in [6.07, 6.45) is 3.25. The first-order valence-corrected chi connectivity index (χ1v) is 12.8.